The summed E-state index contributed by atoms with van der Waals surface area (Å²) in [6, 6.07) is 77.5. The molecule has 4 heteroatoms. The molecule has 0 spiro atoms. The van der Waals surface area contributed by atoms with Gasteiger partial charge in [0.15, 0.2) is 11.2 Å². The molecule has 398 valence electrons. The van der Waals surface area contributed by atoms with Gasteiger partial charge in [-0.1, -0.05) is 195 Å². The summed E-state index contributed by atoms with van der Waals surface area (Å²) in [6.45, 7) is 8.76. The van der Waals surface area contributed by atoms with Crippen LogP contribution in [-0.2, 0) is 0 Å². The first-order chi connectivity index (χ1) is 40.3. The van der Waals surface area contributed by atoms with E-state index in [1.165, 1.54) is 140 Å². The average molecular weight is 1060 g/mol. The highest BCUT2D eigenvalue weighted by molar-refractivity contribution is 6.30. The van der Waals surface area contributed by atoms with Crippen LogP contribution in [0.3, 0.4) is 0 Å². The number of aryl methyl sites for hydroxylation is 4. The minimum absolute atomic E-state index is 0.440. The Bertz CT molecular complexity index is 4510. The van der Waals surface area contributed by atoms with Crippen molar-refractivity contribution in [1.82, 2.24) is 0 Å². The molecule has 2 fully saturated rings. The largest absolute Gasteiger partial charge is 0.453 e. The van der Waals surface area contributed by atoms with E-state index in [1.807, 2.05) is 0 Å². The van der Waals surface area contributed by atoms with Crippen LogP contribution in [0, 0.1) is 27.7 Å². The van der Waals surface area contributed by atoms with E-state index < -0.39 is 0 Å². The maximum Gasteiger partial charge on any atom is 0.159 e. The molecule has 0 bridgehead atoms. The monoisotopic (exact) mass is 1060 g/mol. The average Bonchev–Trinajstić information content (AvgIpc) is 1.73. The number of rotatable bonds is 10. The molecule has 16 rings (SSSR count). The Balaban J connectivity index is 1.00. The molecule has 0 amide bonds. The first-order valence-corrected chi connectivity index (χ1v) is 29.9. The van der Waals surface area contributed by atoms with E-state index in [-0.39, 0.29) is 0 Å². The lowest BCUT2D eigenvalue weighted by molar-refractivity contribution is 0.670. The summed E-state index contributed by atoms with van der Waals surface area (Å²) < 4.78 is 14.7. The zero-order valence-corrected chi connectivity index (χ0v) is 47.2. The van der Waals surface area contributed by atoms with Gasteiger partial charge in [0.1, 0.15) is 11.2 Å². The summed E-state index contributed by atoms with van der Waals surface area (Å²) in [6.07, 6.45) is 9.70. The van der Waals surface area contributed by atoms with Crippen molar-refractivity contribution in [2.45, 2.75) is 90.9 Å². The van der Waals surface area contributed by atoms with Crippen LogP contribution < -0.4 is 9.80 Å². The highest BCUT2D eigenvalue weighted by Gasteiger charge is 2.32. The molecule has 4 nitrogen and oxygen atoms in total. The van der Waals surface area contributed by atoms with Crippen LogP contribution in [0.25, 0.3) is 98.4 Å². The minimum Gasteiger partial charge on any atom is -0.453 e. The van der Waals surface area contributed by atoms with Gasteiger partial charge in [0, 0.05) is 54.8 Å². The third-order valence-corrected chi connectivity index (χ3v) is 18.9. The maximum absolute atomic E-state index is 7.36. The molecule has 14 aromatic rings. The van der Waals surface area contributed by atoms with Crippen molar-refractivity contribution in [1.29, 1.82) is 0 Å². The summed E-state index contributed by atoms with van der Waals surface area (Å²) in [7, 11) is 0. The molecule has 0 radical (unpaired) electrons. The standard InChI is InChI=1S/C78H64N2O2/c1-47-33-37-53(38-34-47)79(69-31-15-29-63-61-27-13-25-59(75(61)81-77(63)69)55-23-11-5-17-49(55)3)71-45-67(51-19-7-8-20-51)57-42-44-66-72(46-68(52-21-9-10-22-52)58-41-43-65(71)73(57)74(58)66)80(54-39-35-48(2)36-40-54)70-32-16-30-64-62-28-14-26-60(76(62)82-78(64)70)56-24-12-6-18-50(56)4/h5-6,11-18,23-46,51-52H,7-10,19-22H2,1-4H3. The Morgan fingerprint density at radius 3 is 1.06 bits per heavy atom. The zero-order chi connectivity index (χ0) is 54.7. The van der Waals surface area contributed by atoms with Gasteiger partial charge in [-0.3, -0.25) is 0 Å². The number of nitrogens with zero attached hydrogens (tertiary/aromatic N) is 2. The third-order valence-electron chi connectivity index (χ3n) is 18.9. The van der Waals surface area contributed by atoms with Crippen molar-refractivity contribution in [2.75, 3.05) is 9.80 Å². The number of hydrogen-bond acceptors (Lipinski definition) is 4. The molecular weight excluding hydrogens is 997 g/mol. The third kappa shape index (κ3) is 7.64. The van der Waals surface area contributed by atoms with Gasteiger partial charge in [-0.25, -0.2) is 0 Å². The highest BCUT2D eigenvalue weighted by Crippen LogP contribution is 2.55. The Morgan fingerprint density at radius 2 is 0.659 bits per heavy atom. The summed E-state index contributed by atoms with van der Waals surface area (Å²) >= 11 is 0. The predicted molar refractivity (Wildman–Crippen MR) is 346 cm³/mol. The molecule has 82 heavy (non-hydrogen) atoms. The lowest BCUT2D eigenvalue weighted by Crippen LogP contribution is -2.13. The lowest BCUT2D eigenvalue weighted by atomic mass is 9.82. The predicted octanol–water partition coefficient (Wildman–Crippen LogP) is 23.2. The second-order valence-corrected chi connectivity index (χ2v) is 23.9. The highest BCUT2D eigenvalue weighted by atomic mass is 16.3. The van der Waals surface area contributed by atoms with Gasteiger partial charge >= 0.3 is 0 Å². The van der Waals surface area contributed by atoms with Crippen LogP contribution >= 0.6 is 0 Å². The van der Waals surface area contributed by atoms with Crippen molar-refractivity contribution in [2.24, 2.45) is 0 Å². The van der Waals surface area contributed by atoms with Crippen LogP contribution in [0.15, 0.2) is 215 Å². The van der Waals surface area contributed by atoms with Crippen molar-refractivity contribution < 1.29 is 8.83 Å². The molecule has 2 aromatic heterocycles. The summed E-state index contributed by atoms with van der Waals surface area (Å²) in [5.41, 5.74) is 22.7. The fraction of sp³-hybridized carbons (Fsp3) is 0.179. The van der Waals surface area contributed by atoms with Crippen molar-refractivity contribution in [3.63, 3.8) is 0 Å². The SMILES string of the molecule is Cc1ccc(N(c2cc(C3CCCC3)c3ccc4c(N(c5ccc(C)cc5)c5cccc6c5oc5c(-c7ccccc7C)cccc56)cc(C5CCCC5)c5ccc2c3c54)c2cccc3c2oc2c(-c4ccccc4C)cccc23)cc1. The van der Waals surface area contributed by atoms with Crippen LogP contribution in [0.1, 0.15) is 96.6 Å². The van der Waals surface area contributed by atoms with Crippen LogP contribution in [0.2, 0.25) is 0 Å². The van der Waals surface area contributed by atoms with Gasteiger partial charge in [-0.15, -0.1) is 0 Å². The number of fused-ring (bicyclic) bond motifs is 6. The van der Waals surface area contributed by atoms with Crippen LogP contribution in [0.5, 0.6) is 0 Å². The zero-order valence-electron chi connectivity index (χ0n) is 47.2. The molecule has 0 aliphatic heterocycles. The number of furan rings is 2. The molecule has 12 aromatic carbocycles. The molecule has 2 heterocycles. The summed E-state index contributed by atoms with van der Waals surface area (Å²) in [4.78, 5) is 5.07. The molecule has 2 aliphatic carbocycles. The molecule has 0 atom stereocenters. The van der Waals surface area contributed by atoms with E-state index in [4.69, 9.17) is 8.83 Å². The van der Waals surface area contributed by atoms with E-state index in [0.29, 0.717) is 11.8 Å². The van der Waals surface area contributed by atoms with Gasteiger partial charge in [0.05, 0.1) is 22.7 Å². The molecule has 0 N–H and O–H groups in total. The van der Waals surface area contributed by atoms with Crippen molar-refractivity contribution >= 4 is 110 Å². The molecule has 0 saturated heterocycles. The van der Waals surface area contributed by atoms with Crippen LogP contribution in [-0.4, -0.2) is 0 Å². The van der Waals surface area contributed by atoms with Crippen molar-refractivity contribution in [3.05, 3.63) is 240 Å². The first-order valence-electron chi connectivity index (χ1n) is 29.9. The number of benzene rings is 12. The molecule has 0 unspecified atom stereocenters. The Kier molecular flexibility index (Phi) is 11.5. The topological polar surface area (TPSA) is 32.8 Å². The van der Waals surface area contributed by atoms with E-state index in [1.54, 1.807) is 0 Å². The Morgan fingerprint density at radius 1 is 0.305 bits per heavy atom. The number of anilines is 6. The Hall–Kier alpha value is -9.12. The van der Waals surface area contributed by atoms with Crippen molar-refractivity contribution in [3.8, 4) is 22.3 Å². The maximum atomic E-state index is 7.36. The van der Waals surface area contributed by atoms with E-state index in [2.05, 4.69) is 244 Å². The Labute approximate surface area is 479 Å². The normalized spacial score (nSPS) is 14.3. The van der Waals surface area contributed by atoms with E-state index in [0.717, 1.165) is 77.8 Å². The molecule has 2 aliphatic rings. The minimum atomic E-state index is 0.440. The summed E-state index contributed by atoms with van der Waals surface area (Å²) in [5.74, 6) is 0.880. The second-order valence-electron chi connectivity index (χ2n) is 23.9. The second kappa shape index (κ2) is 19.3. The number of hydrogen-bond donors (Lipinski definition) is 0. The van der Waals surface area contributed by atoms with Gasteiger partial charge in [0.25, 0.3) is 0 Å². The summed E-state index contributed by atoms with van der Waals surface area (Å²) in [5, 5.41) is 12.4. The van der Waals surface area contributed by atoms with Crippen LogP contribution in [0.4, 0.5) is 34.1 Å². The first kappa shape index (κ1) is 48.8. The molecule has 2 saturated carbocycles. The fourth-order valence-corrected chi connectivity index (χ4v) is 14.9. The van der Waals surface area contributed by atoms with Gasteiger partial charge < -0.3 is 18.6 Å². The smallest absolute Gasteiger partial charge is 0.159 e. The van der Waals surface area contributed by atoms with Gasteiger partial charge in [0.2, 0.25) is 0 Å². The molecular formula is C78H64N2O2. The van der Waals surface area contributed by atoms with Gasteiger partial charge in [-0.05, 0) is 169 Å². The fourth-order valence-electron chi connectivity index (χ4n) is 14.9. The quantitative estimate of drug-likeness (QED) is 0.128. The van der Waals surface area contributed by atoms with E-state index in [9.17, 15) is 0 Å². The van der Waals surface area contributed by atoms with Gasteiger partial charge in [-0.2, -0.15) is 0 Å². The lowest BCUT2D eigenvalue weighted by Gasteiger charge is -2.32. The number of para-hydroxylation sites is 4. The van der Waals surface area contributed by atoms with E-state index >= 15 is 0 Å².